The van der Waals surface area contributed by atoms with E-state index in [9.17, 15) is 8.78 Å². The summed E-state index contributed by atoms with van der Waals surface area (Å²) in [6.45, 7) is 0.526. The molecule has 0 fully saturated rings. The molecule has 0 aliphatic heterocycles. The Kier molecular flexibility index (Phi) is 8.33. The minimum absolute atomic E-state index is 0.0165. The summed E-state index contributed by atoms with van der Waals surface area (Å²) in [4.78, 5) is 4.50. The summed E-state index contributed by atoms with van der Waals surface area (Å²) in [5.74, 6) is 1.61. The second kappa shape index (κ2) is 11.0. The minimum atomic E-state index is -2.92. The van der Waals surface area contributed by atoms with Gasteiger partial charge in [-0.15, -0.1) is 0 Å². The Hall–Kier alpha value is -3.03. The van der Waals surface area contributed by atoms with Gasteiger partial charge in [-0.25, -0.2) is 4.99 Å². The molecule has 2 N–H and O–H groups in total. The molecule has 0 aliphatic carbocycles. The molecule has 0 radical (unpaired) electrons. The number of para-hydroxylation sites is 1. The van der Waals surface area contributed by atoms with E-state index in [0.29, 0.717) is 24.6 Å². The van der Waals surface area contributed by atoms with E-state index in [1.165, 1.54) is 13.2 Å². The molecule has 0 amide bonds. The molecule has 0 aromatic heterocycles. The Morgan fingerprint density at radius 2 is 1.75 bits per heavy atom. The van der Waals surface area contributed by atoms with Crippen LogP contribution in [0.5, 0.6) is 17.2 Å². The fourth-order valence-electron chi connectivity index (χ4n) is 2.55. The SMILES string of the molecule is CCNC(=NCc1ccc(OC)c(OC(F)F)c1)NCc1ccccc1OC. The van der Waals surface area contributed by atoms with E-state index in [1.54, 1.807) is 19.2 Å². The van der Waals surface area contributed by atoms with Crippen LogP contribution in [0.1, 0.15) is 18.1 Å². The minimum Gasteiger partial charge on any atom is -0.496 e. The number of nitrogens with zero attached hydrogens (tertiary/aromatic N) is 1. The molecule has 0 aliphatic rings. The molecule has 2 rings (SSSR count). The van der Waals surface area contributed by atoms with Crippen molar-refractivity contribution in [1.29, 1.82) is 0 Å². The summed E-state index contributed by atoms with van der Waals surface area (Å²) in [6, 6.07) is 12.5. The number of methoxy groups -OCH3 is 2. The van der Waals surface area contributed by atoms with Gasteiger partial charge in [0, 0.05) is 18.7 Å². The molecule has 0 bridgehead atoms. The van der Waals surface area contributed by atoms with Crippen LogP contribution >= 0.6 is 0 Å². The standard InChI is InChI=1S/C20H25F2N3O3/c1-4-23-20(25-13-15-7-5-6-8-16(15)26-2)24-12-14-9-10-17(27-3)18(11-14)28-19(21)22/h5-11,19H,4,12-13H2,1-3H3,(H2,23,24,25). The summed E-state index contributed by atoms with van der Waals surface area (Å²) in [6.07, 6.45) is 0. The predicted octanol–water partition coefficient (Wildman–Crippen LogP) is 3.56. The maximum atomic E-state index is 12.6. The largest absolute Gasteiger partial charge is 0.496 e. The number of benzene rings is 2. The zero-order valence-electron chi connectivity index (χ0n) is 16.2. The van der Waals surface area contributed by atoms with Gasteiger partial charge in [0.05, 0.1) is 20.8 Å². The highest BCUT2D eigenvalue weighted by molar-refractivity contribution is 5.79. The third kappa shape index (κ3) is 6.29. The first-order valence-electron chi connectivity index (χ1n) is 8.83. The molecule has 28 heavy (non-hydrogen) atoms. The van der Waals surface area contributed by atoms with E-state index in [2.05, 4.69) is 20.4 Å². The van der Waals surface area contributed by atoms with Gasteiger partial charge in [-0.05, 0) is 30.7 Å². The van der Waals surface area contributed by atoms with Crippen LogP contribution in [0.2, 0.25) is 0 Å². The van der Waals surface area contributed by atoms with Crippen LogP contribution in [0.15, 0.2) is 47.5 Å². The maximum absolute atomic E-state index is 12.6. The Labute approximate surface area is 163 Å². The molecule has 152 valence electrons. The Morgan fingerprint density at radius 3 is 2.43 bits per heavy atom. The van der Waals surface area contributed by atoms with Gasteiger partial charge in [-0.3, -0.25) is 0 Å². The first-order chi connectivity index (χ1) is 13.6. The Morgan fingerprint density at radius 1 is 1.00 bits per heavy atom. The maximum Gasteiger partial charge on any atom is 0.387 e. The second-order valence-corrected chi connectivity index (χ2v) is 5.72. The van der Waals surface area contributed by atoms with E-state index in [1.807, 2.05) is 31.2 Å². The van der Waals surface area contributed by atoms with Crippen LogP contribution in [-0.4, -0.2) is 33.3 Å². The topological polar surface area (TPSA) is 64.1 Å². The van der Waals surface area contributed by atoms with Crippen molar-refractivity contribution < 1.29 is 23.0 Å². The highest BCUT2D eigenvalue weighted by Crippen LogP contribution is 2.29. The van der Waals surface area contributed by atoms with Crippen molar-refractivity contribution in [1.82, 2.24) is 10.6 Å². The lowest BCUT2D eigenvalue weighted by Crippen LogP contribution is -2.36. The molecule has 0 spiro atoms. The normalized spacial score (nSPS) is 11.3. The van der Waals surface area contributed by atoms with E-state index in [-0.39, 0.29) is 18.0 Å². The zero-order valence-corrected chi connectivity index (χ0v) is 16.2. The van der Waals surface area contributed by atoms with Crippen LogP contribution in [0.4, 0.5) is 8.78 Å². The van der Waals surface area contributed by atoms with E-state index in [0.717, 1.165) is 11.3 Å². The first-order valence-corrected chi connectivity index (χ1v) is 8.83. The second-order valence-electron chi connectivity index (χ2n) is 5.72. The number of alkyl halides is 2. The number of guanidine groups is 1. The quantitative estimate of drug-likeness (QED) is 0.504. The number of rotatable bonds is 9. The van der Waals surface area contributed by atoms with Crippen molar-refractivity contribution in [3.63, 3.8) is 0 Å². The van der Waals surface area contributed by atoms with Gasteiger partial charge in [0.2, 0.25) is 0 Å². The average molecular weight is 393 g/mol. The Bertz CT molecular complexity index is 785. The van der Waals surface area contributed by atoms with E-state index in [4.69, 9.17) is 9.47 Å². The van der Waals surface area contributed by atoms with Crippen molar-refractivity contribution in [3.05, 3.63) is 53.6 Å². The summed E-state index contributed by atoms with van der Waals surface area (Å²) < 4.78 is 40.0. The third-order valence-electron chi connectivity index (χ3n) is 3.85. The fraction of sp³-hybridized carbons (Fsp3) is 0.350. The van der Waals surface area contributed by atoms with Crippen molar-refractivity contribution in [2.75, 3.05) is 20.8 Å². The number of halogens is 2. The molecule has 0 heterocycles. The molecule has 0 saturated heterocycles. The summed E-state index contributed by atoms with van der Waals surface area (Å²) in [7, 11) is 3.03. The molecule has 0 saturated carbocycles. The Balaban J connectivity index is 2.09. The van der Waals surface area contributed by atoms with Gasteiger partial charge < -0.3 is 24.8 Å². The summed E-state index contributed by atoms with van der Waals surface area (Å²) >= 11 is 0. The van der Waals surface area contributed by atoms with Crippen LogP contribution in [0, 0.1) is 0 Å². The number of aliphatic imine (C=N–C) groups is 1. The number of hydrogen-bond acceptors (Lipinski definition) is 4. The highest BCUT2D eigenvalue weighted by atomic mass is 19.3. The lowest BCUT2D eigenvalue weighted by Gasteiger charge is -2.14. The van der Waals surface area contributed by atoms with Crippen LogP contribution in [0.3, 0.4) is 0 Å². The van der Waals surface area contributed by atoms with Crippen molar-refractivity contribution in [2.24, 2.45) is 4.99 Å². The van der Waals surface area contributed by atoms with Crippen LogP contribution < -0.4 is 24.8 Å². The van der Waals surface area contributed by atoms with Gasteiger partial charge in [0.1, 0.15) is 5.75 Å². The number of ether oxygens (including phenoxy) is 3. The fourth-order valence-corrected chi connectivity index (χ4v) is 2.55. The summed E-state index contributed by atoms with van der Waals surface area (Å²) in [5, 5.41) is 6.39. The summed E-state index contributed by atoms with van der Waals surface area (Å²) in [5.41, 5.74) is 1.71. The van der Waals surface area contributed by atoms with Crippen LogP contribution in [-0.2, 0) is 13.1 Å². The average Bonchev–Trinajstić information content (AvgIpc) is 2.70. The monoisotopic (exact) mass is 393 g/mol. The van der Waals surface area contributed by atoms with Gasteiger partial charge >= 0.3 is 6.61 Å². The third-order valence-corrected chi connectivity index (χ3v) is 3.85. The van der Waals surface area contributed by atoms with Gasteiger partial charge in [0.25, 0.3) is 0 Å². The van der Waals surface area contributed by atoms with Crippen molar-refractivity contribution >= 4 is 5.96 Å². The molecule has 2 aromatic rings. The molecule has 0 atom stereocenters. The lowest BCUT2D eigenvalue weighted by atomic mass is 10.2. The van der Waals surface area contributed by atoms with Crippen molar-refractivity contribution in [3.8, 4) is 17.2 Å². The molecule has 0 unspecified atom stereocenters. The van der Waals surface area contributed by atoms with Gasteiger partial charge in [-0.1, -0.05) is 24.3 Å². The predicted molar refractivity (Wildman–Crippen MR) is 104 cm³/mol. The van der Waals surface area contributed by atoms with Crippen molar-refractivity contribution in [2.45, 2.75) is 26.6 Å². The highest BCUT2D eigenvalue weighted by Gasteiger charge is 2.11. The lowest BCUT2D eigenvalue weighted by molar-refractivity contribution is -0.0512. The first kappa shape index (κ1) is 21.3. The molecule has 8 heteroatoms. The molecule has 2 aromatic carbocycles. The van der Waals surface area contributed by atoms with Crippen LogP contribution in [0.25, 0.3) is 0 Å². The van der Waals surface area contributed by atoms with E-state index >= 15 is 0 Å². The molecule has 6 nitrogen and oxygen atoms in total. The number of hydrogen-bond donors (Lipinski definition) is 2. The molecular formula is C20H25F2N3O3. The molecular weight excluding hydrogens is 368 g/mol. The van der Waals surface area contributed by atoms with Gasteiger partial charge in [0.15, 0.2) is 17.5 Å². The van der Waals surface area contributed by atoms with Gasteiger partial charge in [-0.2, -0.15) is 8.78 Å². The van der Waals surface area contributed by atoms with E-state index < -0.39 is 6.61 Å². The number of nitrogens with one attached hydrogen (secondary N) is 2. The smallest absolute Gasteiger partial charge is 0.387 e. The zero-order chi connectivity index (χ0) is 20.4.